The first-order valence-corrected chi connectivity index (χ1v) is 11.9. The van der Waals surface area contributed by atoms with Crippen LogP contribution in [-0.2, 0) is 0 Å². The molecule has 2 atom stereocenters. The van der Waals surface area contributed by atoms with Crippen LogP contribution in [-0.4, -0.2) is 28.1 Å². The van der Waals surface area contributed by atoms with Gasteiger partial charge in [0.05, 0.1) is 11.9 Å². The smallest absolute Gasteiger partial charge is 0.128 e. The van der Waals surface area contributed by atoms with Crippen molar-refractivity contribution >= 4 is 24.9 Å². The van der Waals surface area contributed by atoms with Gasteiger partial charge in [0.2, 0.25) is 0 Å². The zero-order valence-electron chi connectivity index (χ0n) is 18.0. The maximum Gasteiger partial charge on any atom is 0.128 e. The quantitative estimate of drug-likeness (QED) is 0.357. The number of phenolic OH excluding ortho intramolecular Hbond substituents is 1. The highest BCUT2D eigenvalue weighted by atomic mass is 31.2. The molecule has 158 valence electrons. The summed E-state index contributed by atoms with van der Waals surface area (Å²) >= 11 is 0. The molecule has 0 radical (unpaired) electrons. The summed E-state index contributed by atoms with van der Waals surface area (Å²) in [5, 5.41) is 18.8. The van der Waals surface area contributed by atoms with Gasteiger partial charge in [-0.25, -0.2) is 8.88 Å². The predicted octanol–water partition coefficient (Wildman–Crippen LogP) is 5.84. The number of halogens is 1. The third kappa shape index (κ3) is 6.17. The van der Waals surface area contributed by atoms with Gasteiger partial charge in [-0.05, 0) is 43.6 Å². The van der Waals surface area contributed by atoms with E-state index in [-0.39, 0.29) is 5.75 Å². The Bertz CT molecular complexity index is 844. The maximum atomic E-state index is 14.0. The molecule has 0 aliphatic heterocycles. The number of unbranched alkanes of at least 4 members (excludes halogenated alkanes) is 1. The summed E-state index contributed by atoms with van der Waals surface area (Å²) in [6.45, 7) is 12.8. The second-order valence-electron chi connectivity index (χ2n) is 7.37. The van der Waals surface area contributed by atoms with E-state index in [0.29, 0.717) is 22.4 Å². The number of aromatic nitrogens is 2. The normalized spacial score (nSPS) is 13.9. The van der Waals surface area contributed by atoms with Gasteiger partial charge >= 0.3 is 0 Å². The van der Waals surface area contributed by atoms with Crippen LogP contribution in [0.2, 0.25) is 0 Å². The number of benzene rings is 1. The van der Waals surface area contributed by atoms with Crippen molar-refractivity contribution in [3.05, 3.63) is 54.4 Å². The van der Waals surface area contributed by atoms with Crippen molar-refractivity contribution < 1.29 is 9.30 Å². The number of nitrogens with one attached hydrogen (secondary N) is 1. The van der Waals surface area contributed by atoms with Crippen LogP contribution in [0, 0.1) is 12.8 Å². The molecule has 1 aromatic carbocycles. The number of hydrogen-bond donors (Lipinski definition) is 2. The van der Waals surface area contributed by atoms with Crippen LogP contribution in [0.25, 0.3) is 11.4 Å². The number of allylic oxidation sites excluding steroid dienone is 2. The SMILES string of the molecule is C=C(/C=C(/NCC(CC)CCCC)n1ncc(P(C)F)c1C)c1ccccc1O. The molecule has 6 heteroatoms. The highest BCUT2D eigenvalue weighted by Gasteiger charge is 2.17. The first-order valence-electron chi connectivity index (χ1n) is 10.3. The minimum Gasteiger partial charge on any atom is -0.507 e. The van der Waals surface area contributed by atoms with Crippen molar-refractivity contribution in [2.45, 2.75) is 46.5 Å². The van der Waals surface area contributed by atoms with E-state index in [2.05, 4.69) is 30.8 Å². The highest BCUT2D eigenvalue weighted by molar-refractivity contribution is 7.59. The molecule has 0 aliphatic rings. The molecule has 1 aromatic heterocycles. The summed E-state index contributed by atoms with van der Waals surface area (Å²) in [5.41, 5.74) is 2.12. The van der Waals surface area contributed by atoms with E-state index in [0.717, 1.165) is 24.5 Å². The lowest BCUT2D eigenvalue weighted by atomic mass is 9.99. The van der Waals surface area contributed by atoms with Crippen molar-refractivity contribution in [3.63, 3.8) is 0 Å². The second kappa shape index (κ2) is 11.2. The van der Waals surface area contributed by atoms with Gasteiger partial charge in [-0.1, -0.05) is 57.9 Å². The summed E-state index contributed by atoms with van der Waals surface area (Å²) in [6.07, 6.45) is 8.13. The molecular formula is C23H33FN3OP. The first-order chi connectivity index (χ1) is 13.9. The maximum absolute atomic E-state index is 14.0. The van der Waals surface area contributed by atoms with Gasteiger partial charge in [-0.15, -0.1) is 0 Å². The molecule has 2 rings (SSSR count). The Kier molecular flexibility index (Phi) is 8.91. The number of phenols is 1. The van der Waals surface area contributed by atoms with Crippen LogP contribution in [0.3, 0.4) is 0 Å². The third-order valence-corrected chi connectivity index (χ3v) is 6.32. The third-order valence-electron chi connectivity index (χ3n) is 5.22. The molecule has 2 aromatic rings. The molecule has 0 fully saturated rings. The highest BCUT2D eigenvalue weighted by Crippen LogP contribution is 2.32. The van der Waals surface area contributed by atoms with Crippen molar-refractivity contribution in [2.75, 3.05) is 13.2 Å². The average Bonchev–Trinajstić information content (AvgIpc) is 3.08. The molecule has 0 saturated carbocycles. The number of aromatic hydroxyl groups is 1. The number of hydrogen-bond acceptors (Lipinski definition) is 3. The summed E-state index contributed by atoms with van der Waals surface area (Å²) in [6, 6.07) is 7.12. The first kappa shape index (κ1) is 23.2. The van der Waals surface area contributed by atoms with Crippen LogP contribution in [0.15, 0.2) is 43.1 Å². The van der Waals surface area contributed by atoms with E-state index < -0.39 is 8.23 Å². The van der Waals surface area contributed by atoms with Gasteiger partial charge in [0, 0.05) is 17.4 Å². The Hall–Kier alpha value is -2.13. The fourth-order valence-electron chi connectivity index (χ4n) is 3.31. The van der Waals surface area contributed by atoms with Crippen molar-refractivity contribution in [2.24, 2.45) is 5.92 Å². The lowest BCUT2D eigenvalue weighted by Gasteiger charge is -2.19. The second-order valence-corrected chi connectivity index (χ2v) is 8.81. The van der Waals surface area contributed by atoms with Crippen molar-refractivity contribution in [1.82, 2.24) is 15.1 Å². The minimum absolute atomic E-state index is 0.182. The van der Waals surface area contributed by atoms with E-state index in [1.165, 1.54) is 19.3 Å². The summed E-state index contributed by atoms with van der Waals surface area (Å²) in [4.78, 5) is 0. The van der Waals surface area contributed by atoms with E-state index in [1.807, 2.05) is 25.1 Å². The largest absolute Gasteiger partial charge is 0.507 e. The zero-order chi connectivity index (χ0) is 21.4. The molecule has 2 unspecified atom stereocenters. The fraction of sp³-hybridized carbons (Fsp3) is 0.435. The van der Waals surface area contributed by atoms with Gasteiger partial charge in [-0.2, -0.15) is 5.10 Å². The summed E-state index contributed by atoms with van der Waals surface area (Å²) in [5.74, 6) is 1.48. The molecule has 0 spiro atoms. The van der Waals surface area contributed by atoms with Gasteiger partial charge in [-0.3, -0.25) is 0 Å². The van der Waals surface area contributed by atoms with Gasteiger partial charge in [0.15, 0.2) is 0 Å². The molecule has 0 amide bonds. The standard InChI is InChI=1S/C23H33FN3OP/c1-6-8-11-19(7-2)15-25-23(27-18(4)22(16-26-27)29(5)24)14-17(3)20-12-9-10-13-21(20)28/h9-10,12-14,16,19,25,28H,3,6-8,11,15H2,1-2,4-5H3/b23-14-. The number of nitrogens with zero attached hydrogens (tertiary/aromatic N) is 2. The number of rotatable bonds is 11. The zero-order valence-corrected chi connectivity index (χ0v) is 18.8. The molecule has 1 heterocycles. The fourth-order valence-corrected chi connectivity index (χ4v) is 4.06. The van der Waals surface area contributed by atoms with Crippen LogP contribution < -0.4 is 10.6 Å². The molecule has 0 aliphatic carbocycles. The average molecular weight is 418 g/mol. The Morgan fingerprint density at radius 1 is 1.38 bits per heavy atom. The predicted molar refractivity (Wildman–Crippen MR) is 123 cm³/mol. The Balaban J connectivity index is 2.35. The minimum atomic E-state index is -1.72. The van der Waals surface area contributed by atoms with Gasteiger partial charge < -0.3 is 10.4 Å². The van der Waals surface area contributed by atoms with Crippen LogP contribution in [0.5, 0.6) is 5.75 Å². The van der Waals surface area contributed by atoms with Crippen molar-refractivity contribution in [3.8, 4) is 5.75 Å². The van der Waals surface area contributed by atoms with Crippen LogP contribution in [0.1, 0.15) is 50.8 Å². The topological polar surface area (TPSA) is 50.1 Å². The van der Waals surface area contributed by atoms with Crippen molar-refractivity contribution in [1.29, 1.82) is 0 Å². The molecule has 29 heavy (non-hydrogen) atoms. The van der Waals surface area contributed by atoms with Crippen LogP contribution >= 0.6 is 8.23 Å². The van der Waals surface area contributed by atoms with E-state index >= 15 is 0 Å². The monoisotopic (exact) mass is 417 g/mol. The summed E-state index contributed by atoms with van der Waals surface area (Å²) < 4.78 is 15.7. The Morgan fingerprint density at radius 2 is 2.10 bits per heavy atom. The van der Waals surface area contributed by atoms with Gasteiger partial charge in [0.25, 0.3) is 0 Å². The molecule has 0 bridgehead atoms. The molecule has 2 N–H and O–H groups in total. The lowest BCUT2D eigenvalue weighted by Crippen LogP contribution is -2.26. The lowest BCUT2D eigenvalue weighted by molar-refractivity contribution is 0.439. The molecular weight excluding hydrogens is 384 g/mol. The summed E-state index contributed by atoms with van der Waals surface area (Å²) in [7, 11) is -1.72. The van der Waals surface area contributed by atoms with E-state index in [1.54, 1.807) is 29.7 Å². The molecule has 4 nitrogen and oxygen atoms in total. The molecule has 0 saturated heterocycles. The Labute approximate surface area is 175 Å². The number of para-hydroxylation sites is 1. The van der Waals surface area contributed by atoms with Crippen LogP contribution in [0.4, 0.5) is 4.20 Å². The van der Waals surface area contributed by atoms with E-state index in [9.17, 15) is 9.30 Å². The Morgan fingerprint density at radius 3 is 2.69 bits per heavy atom. The van der Waals surface area contributed by atoms with E-state index in [4.69, 9.17) is 0 Å². The van der Waals surface area contributed by atoms with Gasteiger partial charge in [0.1, 0.15) is 19.8 Å².